The summed E-state index contributed by atoms with van der Waals surface area (Å²) in [5, 5.41) is 6.65. The second-order valence-electron chi connectivity index (χ2n) is 6.53. The van der Waals surface area contributed by atoms with Crippen molar-refractivity contribution in [1.82, 2.24) is 15.5 Å². The standard InChI is InChI=1S/C20H26N4O2.HI/c1-21-20(22-11-10-17-9-6-12-26-17)23-14-16-13-18(25)24(2)19(16)15-7-4-3-5-8-15;/h3-9,12,16,19H,10-11,13-14H2,1-2H3,(H2,21,22,23);1H. The molecular weight excluding hydrogens is 455 g/mol. The molecule has 2 unspecified atom stereocenters. The molecule has 0 bridgehead atoms. The van der Waals surface area contributed by atoms with Crippen LogP contribution in [-0.4, -0.2) is 44.0 Å². The molecule has 0 aliphatic carbocycles. The van der Waals surface area contributed by atoms with Crippen LogP contribution >= 0.6 is 24.0 Å². The Morgan fingerprint density at radius 1 is 1.22 bits per heavy atom. The van der Waals surface area contributed by atoms with Gasteiger partial charge in [-0.05, 0) is 17.7 Å². The number of hydrogen-bond donors (Lipinski definition) is 2. The van der Waals surface area contributed by atoms with Crippen molar-refractivity contribution in [2.24, 2.45) is 10.9 Å². The lowest BCUT2D eigenvalue weighted by Gasteiger charge is -2.26. The zero-order valence-corrected chi connectivity index (χ0v) is 18.1. The first-order chi connectivity index (χ1) is 12.7. The van der Waals surface area contributed by atoms with Gasteiger partial charge >= 0.3 is 0 Å². The average molecular weight is 482 g/mol. The summed E-state index contributed by atoms with van der Waals surface area (Å²) in [5.74, 6) is 2.08. The van der Waals surface area contributed by atoms with E-state index in [-0.39, 0.29) is 41.8 Å². The second-order valence-corrected chi connectivity index (χ2v) is 6.53. The van der Waals surface area contributed by atoms with Crippen molar-refractivity contribution in [2.45, 2.75) is 18.9 Å². The summed E-state index contributed by atoms with van der Waals surface area (Å²) in [4.78, 5) is 18.4. The molecule has 1 aromatic carbocycles. The van der Waals surface area contributed by atoms with Gasteiger partial charge in [-0.25, -0.2) is 0 Å². The molecule has 27 heavy (non-hydrogen) atoms. The molecule has 1 aliphatic rings. The molecule has 2 N–H and O–H groups in total. The van der Waals surface area contributed by atoms with Crippen molar-refractivity contribution in [3.05, 3.63) is 60.1 Å². The van der Waals surface area contributed by atoms with Crippen LogP contribution in [0, 0.1) is 5.92 Å². The van der Waals surface area contributed by atoms with Gasteiger partial charge < -0.3 is 20.0 Å². The number of amides is 1. The summed E-state index contributed by atoms with van der Waals surface area (Å²) in [6, 6.07) is 14.2. The Labute approximate surface area is 177 Å². The maximum Gasteiger partial charge on any atom is 0.223 e. The Morgan fingerprint density at radius 3 is 2.67 bits per heavy atom. The van der Waals surface area contributed by atoms with E-state index in [0.717, 1.165) is 24.7 Å². The molecule has 0 radical (unpaired) electrons. The SMILES string of the molecule is CN=C(NCCc1ccco1)NCC1CC(=O)N(C)C1c1ccccc1.I. The maximum absolute atomic E-state index is 12.2. The fraction of sp³-hybridized carbons (Fsp3) is 0.400. The van der Waals surface area contributed by atoms with Crippen LogP contribution in [0.4, 0.5) is 0 Å². The van der Waals surface area contributed by atoms with E-state index in [1.165, 1.54) is 5.56 Å². The second kappa shape index (κ2) is 10.3. The summed E-state index contributed by atoms with van der Waals surface area (Å²) in [7, 11) is 3.64. The van der Waals surface area contributed by atoms with Crippen molar-refractivity contribution >= 4 is 35.8 Å². The van der Waals surface area contributed by atoms with Crippen LogP contribution in [0.25, 0.3) is 0 Å². The number of likely N-dealkylation sites (tertiary alicyclic amines) is 1. The zero-order valence-electron chi connectivity index (χ0n) is 15.7. The number of nitrogens with one attached hydrogen (secondary N) is 2. The van der Waals surface area contributed by atoms with Crippen LogP contribution < -0.4 is 10.6 Å². The highest BCUT2D eigenvalue weighted by Gasteiger charge is 2.38. The first kappa shape index (κ1) is 21.3. The Hall–Kier alpha value is -2.03. The third kappa shape index (κ3) is 5.47. The summed E-state index contributed by atoms with van der Waals surface area (Å²) < 4.78 is 5.33. The average Bonchev–Trinajstić information content (AvgIpc) is 3.27. The van der Waals surface area contributed by atoms with Gasteiger partial charge in [0.2, 0.25) is 5.91 Å². The van der Waals surface area contributed by atoms with Gasteiger partial charge in [-0.3, -0.25) is 9.79 Å². The van der Waals surface area contributed by atoms with Crippen LogP contribution in [0.1, 0.15) is 23.8 Å². The lowest BCUT2D eigenvalue weighted by molar-refractivity contribution is -0.127. The van der Waals surface area contributed by atoms with Crippen LogP contribution in [0.2, 0.25) is 0 Å². The molecule has 0 spiro atoms. The number of halogens is 1. The Morgan fingerprint density at radius 2 is 2.00 bits per heavy atom. The Kier molecular flexibility index (Phi) is 8.15. The number of rotatable bonds is 6. The van der Waals surface area contributed by atoms with E-state index >= 15 is 0 Å². The summed E-state index contributed by atoms with van der Waals surface area (Å²) >= 11 is 0. The lowest BCUT2D eigenvalue weighted by Crippen LogP contribution is -2.41. The predicted octanol–water partition coefficient (Wildman–Crippen LogP) is 2.82. The molecule has 6 nitrogen and oxygen atoms in total. The third-order valence-corrected chi connectivity index (χ3v) is 4.83. The molecule has 2 heterocycles. The largest absolute Gasteiger partial charge is 0.469 e. The van der Waals surface area contributed by atoms with Crippen LogP contribution in [0.3, 0.4) is 0 Å². The number of nitrogens with zero attached hydrogens (tertiary/aromatic N) is 2. The van der Waals surface area contributed by atoms with Crippen LogP contribution in [0.5, 0.6) is 0 Å². The van der Waals surface area contributed by atoms with Crippen LogP contribution in [0.15, 0.2) is 58.1 Å². The fourth-order valence-electron chi connectivity index (χ4n) is 3.49. The van der Waals surface area contributed by atoms with Gasteiger partial charge in [-0.15, -0.1) is 24.0 Å². The van der Waals surface area contributed by atoms with Gasteiger partial charge in [0.1, 0.15) is 5.76 Å². The van der Waals surface area contributed by atoms with Gasteiger partial charge in [0.15, 0.2) is 5.96 Å². The number of guanidine groups is 1. The van der Waals surface area contributed by atoms with Crippen molar-refractivity contribution < 1.29 is 9.21 Å². The highest BCUT2D eigenvalue weighted by molar-refractivity contribution is 14.0. The normalized spacial score (nSPS) is 19.7. The quantitative estimate of drug-likeness (QED) is 0.378. The summed E-state index contributed by atoms with van der Waals surface area (Å²) in [5.41, 5.74) is 1.17. The first-order valence-corrected chi connectivity index (χ1v) is 8.96. The molecule has 1 amide bonds. The highest BCUT2D eigenvalue weighted by atomic mass is 127. The predicted molar refractivity (Wildman–Crippen MR) is 117 cm³/mol. The van der Waals surface area contributed by atoms with Gasteiger partial charge in [0.05, 0.1) is 12.3 Å². The number of aliphatic imine (C=N–C) groups is 1. The number of furan rings is 1. The van der Waals surface area contributed by atoms with E-state index in [1.54, 1.807) is 13.3 Å². The highest BCUT2D eigenvalue weighted by Crippen LogP contribution is 2.36. The van der Waals surface area contributed by atoms with E-state index in [0.29, 0.717) is 13.0 Å². The van der Waals surface area contributed by atoms with E-state index < -0.39 is 0 Å². The monoisotopic (exact) mass is 482 g/mol. The van der Waals surface area contributed by atoms with Gasteiger partial charge in [0.25, 0.3) is 0 Å². The molecule has 2 aromatic rings. The minimum Gasteiger partial charge on any atom is -0.469 e. The van der Waals surface area contributed by atoms with Gasteiger partial charge in [0, 0.05) is 45.9 Å². The molecule has 0 saturated carbocycles. The lowest BCUT2D eigenvalue weighted by atomic mass is 9.94. The molecule has 1 fully saturated rings. The number of carbonyl (C=O) groups is 1. The van der Waals surface area contributed by atoms with E-state index in [9.17, 15) is 4.79 Å². The third-order valence-electron chi connectivity index (χ3n) is 4.83. The minimum atomic E-state index is 0. The fourth-order valence-corrected chi connectivity index (χ4v) is 3.49. The maximum atomic E-state index is 12.2. The molecule has 146 valence electrons. The Balaban J connectivity index is 0.00000261. The minimum absolute atomic E-state index is 0. The molecule has 1 aliphatic heterocycles. The van der Waals surface area contributed by atoms with Gasteiger partial charge in [-0.2, -0.15) is 0 Å². The zero-order chi connectivity index (χ0) is 18.4. The number of carbonyl (C=O) groups excluding carboxylic acids is 1. The Bertz CT molecular complexity index is 734. The van der Waals surface area contributed by atoms with Gasteiger partial charge in [-0.1, -0.05) is 30.3 Å². The number of hydrogen-bond acceptors (Lipinski definition) is 3. The molecular formula is C20H27IN4O2. The molecule has 2 atom stereocenters. The summed E-state index contributed by atoms with van der Waals surface area (Å²) in [6.45, 7) is 1.43. The first-order valence-electron chi connectivity index (χ1n) is 8.96. The molecule has 7 heteroatoms. The summed E-state index contributed by atoms with van der Waals surface area (Å²) in [6.07, 6.45) is 3.02. The van der Waals surface area contributed by atoms with Crippen LogP contribution in [-0.2, 0) is 11.2 Å². The number of benzene rings is 1. The molecule has 3 rings (SSSR count). The van der Waals surface area contributed by atoms with E-state index in [4.69, 9.17) is 4.42 Å². The molecule has 1 saturated heterocycles. The van der Waals surface area contributed by atoms with Crippen molar-refractivity contribution in [3.8, 4) is 0 Å². The smallest absolute Gasteiger partial charge is 0.223 e. The van der Waals surface area contributed by atoms with Crippen molar-refractivity contribution in [1.29, 1.82) is 0 Å². The van der Waals surface area contributed by atoms with Crippen molar-refractivity contribution in [3.63, 3.8) is 0 Å². The topological polar surface area (TPSA) is 69.9 Å². The van der Waals surface area contributed by atoms with Crippen molar-refractivity contribution in [2.75, 3.05) is 27.2 Å². The van der Waals surface area contributed by atoms with E-state index in [1.807, 2.05) is 42.3 Å². The van der Waals surface area contributed by atoms with E-state index in [2.05, 4.69) is 27.8 Å². The molecule has 1 aromatic heterocycles.